The Labute approximate surface area is 161 Å². The van der Waals surface area contributed by atoms with E-state index in [1.165, 1.54) is 11.8 Å². The van der Waals surface area contributed by atoms with Gasteiger partial charge in [0.25, 0.3) is 0 Å². The minimum absolute atomic E-state index is 0.0550. The van der Waals surface area contributed by atoms with E-state index in [0.717, 1.165) is 26.7 Å². The highest BCUT2D eigenvalue weighted by atomic mass is 32.2. The van der Waals surface area contributed by atoms with Crippen molar-refractivity contribution in [3.8, 4) is 0 Å². The highest BCUT2D eigenvalue weighted by molar-refractivity contribution is 8.00. The SMILES string of the molecule is O=C(CSc1cc[n+](CCCF)c2ccccc12)n1ccc2ccccc21. The van der Waals surface area contributed by atoms with Crippen LogP contribution in [0.25, 0.3) is 21.8 Å². The molecule has 0 amide bonds. The van der Waals surface area contributed by atoms with Crippen LogP contribution in [0, 0.1) is 0 Å². The molecule has 136 valence electrons. The Balaban J connectivity index is 1.58. The van der Waals surface area contributed by atoms with Gasteiger partial charge in [-0.25, -0.2) is 0 Å². The van der Waals surface area contributed by atoms with Gasteiger partial charge in [0.2, 0.25) is 11.4 Å². The number of benzene rings is 2. The van der Waals surface area contributed by atoms with Gasteiger partial charge >= 0.3 is 0 Å². The van der Waals surface area contributed by atoms with E-state index in [-0.39, 0.29) is 12.6 Å². The van der Waals surface area contributed by atoms with Gasteiger partial charge in [-0.05, 0) is 18.2 Å². The van der Waals surface area contributed by atoms with E-state index in [0.29, 0.717) is 18.7 Å². The number of aromatic nitrogens is 2. The Morgan fingerprint density at radius 1 is 1.04 bits per heavy atom. The number of fused-ring (bicyclic) bond motifs is 2. The summed E-state index contributed by atoms with van der Waals surface area (Å²) in [6.07, 6.45) is 4.32. The van der Waals surface area contributed by atoms with Gasteiger partial charge in [-0.1, -0.05) is 30.3 Å². The number of aryl methyl sites for hydroxylation is 1. The van der Waals surface area contributed by atoms with Crippen molar-refractivity contribution in [3.05, 3.63) is 73.1 Å². The average Bonchev–Trinajstić information content (AvgIpc) is 3.15. The van der Waals surface area contributed by atoms with Gasteiger partial charge in [0.1, 0.15) is 0 Å². The van der Waals surface area contributed by atoms with E-state index in [1.54, 1.807) is 4.57 Å². The van der Waals surface area contributed by atoms with Gasteiger partial charge in [0.05, 0.1) is 23.3 Å². The van der Waals surface area contributed by atoms with E-state index >= 15 is 0 Å². The largest absolute Gasteiger partial charge is 0.287 e. The number of carbonyl (C=O) groups is 1. The van der Waals surface area contributed by atoms with Crippen LogP contribution in [-0.2, 0) is 6.54 Å². The Bertz CT molecular complexity index is 1110. The van der Waals surface area contributed by atoms with Crippen LogP contribution in [0.15, 0.2) is 78.0 Å². The third kappa shape index (κ3) is 3.60. The van der Waals surface area contributed by atoms with Crippen LogP contribution in [0.4, 0.5) is 4.39 Å². The number of hydrogen-bond acceptors (Lipinski definition) is 2. The summed E-state index contributed by atoms with van der Waals surface area (Å²) in [6.45, 7) is 0.327. The maximum atomic E-state index is 12.7. The number of para-hydroxylation sites is 2. The Kier molecular flexibility index (Phi) is 5.21. The molecule has 4 aromatic rings. The zero-order valence-electron chi connectivity index (χ0n) is 14.8. The molecule has 2 aromatic heterocycles. The lowest BCUT2D eigenvalue weighted by atomic mass is 10.2. The molecule has 0 bridgehead atoms. The second kappa shape index (κ2) is 7.92. The van der Waals surface area contributed by atoms with Gasteiger partial charge in [-0.15, -0.1) is 11.8 Å². The maximum Gasteiger partial charge on any atom is 0.241 e. The standard InChI is InChI=1S/C22H20FN2OS/c23-12-5-13-24-14-11-21(18-7-2-4-9-20(18)24)27-16-22(26)25-15-10-17-6-1-3-8-19(17)25/h1-4,6-11,14-15H,5,12-13,16H2/q+1. The molecule has 5 heteroatoms. The zero-order valence-corrected chi connectivity index (χ0v) is 15.7. The van der Waals surface area contributed by atoms with E-state index < -0.39 is 0 Å². The Morgan fingerprint density at radius 2 is 1.85 bits per heavy atom. The molecule has 0 saturated carbocycles. The van der Waals surface area contributed by atoms with Crippen molar-refractivity contribution >= 4 is 39.5 Å². The van der Waals surface area contributed by atoms with Crippen molar-refractivity contribution in [2.45, 2.75) is 17.9 Å². The topological polar surface area (TPSA) is 25.9 Å². The van der Waals surface area contributed by atoms with Crippen LogP contribution >= 0.6 is 11.8 Å². The number of pyridine rings is 1. The summed E-state index contributed by atoms with van der Waals surface area (Å²) in [6, 6.07) is 19.9. The van der Waals surface area contributed by atoms with Gasteiger partial charge in [0.15, 0.2) is 12.7 Å². The van der Waals surface area contributed by atoms with Crippen LogP contribution in [0.3, 0.4) is 0 Å². The highest BCUT2D eigenvalue weighted by Gasteiger charge is 2.15. The number of hydrogen-bond donors (Lipinski definition) is 0. The lowest BCUT2D eigenvalue weighted by molar-refractivity contribution is -0.672. The normalized spacial score (nSPS) is 11.3. The summed E-state index contributed by atoms with van der Waals surface area (Å²) in [4.78, 5) is 13.8. The number of nitrogens with zero attached hydrogens (tertiary/aromatic N) is 2. The smallest absolute Gasteiger partial charge is 0.241 e. The minimum atomic E-state index is -0.322. The van der Waals surface area contributed by atoms with Crippen molar-refractivity contribution in [2.24, 2.45) is 0 Å². The summed E-state index contributed by atoms with van der Waals surface area (Å²) in [5.41, 5.74) is 2.00. The maximum absolute atomic E-state index is 12.7. The van der Waals surface area contributed by atoms with Gasteiger partial charge in [0, 0.05) is 35.0 Å². The minimum Gasteiger partial charge on any atom is -0.287 e. The summed E-state index contributed by atoms with van der Waals surface area (Å²) in [5, 5.41) is 2.16. The van der Waals surface area contributed by atoms with Gasteiger partial charge < -0.3 is 0 Å². The molecule has 0 atom stereocenters. The van der Waals surface area contributed by atoms with Crippen LogP contribution in [0.2, 0.25) is 0 Å². The molecular formula is C22H20FN2OS+. The van der Waals surface area contributed by atoms with E-state index in [2.05, 4.69) is 10.6 Å². The van der Waals surface area contributed by atoms with E-state index in [1.807, 2.05) is 67.0 Å². The van der Waals surface area contributed by atoms with Gasteiger partial charge in [-0.3, -0.25) is 13.8 Å². The molecule has 0 aliphatic carbocycles. The second-order valence-electron chi connectivity index (χ2n) is 6.36. The van der Waals surface area contributed by atoms with Crippen molar-refractivity contribution in [3.63, 3.8) is 0 Å². The summed E-state index contributed by atoms with van der Waals surface area (Å²) in [7, 11) is 0. The first-order valence-corrected chi connectivity index (χ1v) is 9.96. The molecule has 0 spiro atoms. The van der Waals surface area contributed by atoms with Crippen LogP contribution < -0.4 is 4.57 Å². The molecule has 27 heavy (non-hydrogen) atoms. The molecule has 0 aliphatic rings. The van der Waals surface area contributed by atoms with E-state index in [4.69, 9.17) is 0 Å². The molecule has 0 radical (unpaired) electrons. The molecular weight excluding hydrogens is 359 g/mol. The first kappa shape index (κ1) is 17.7. The molecule has 0 N–H and O–H groups in total. The van der Waals surface area contributed by atoms with Crippen molar-refractivity contribution < 1.29 is 13.8 Å². The van der Waals surface area contributed by atoms with Crippen LogP contribution in [0.1, 0.15) is 11.2 Å². The van der Waals surface area contributed by atoms with Crippen molar-refractivity contribution in [2.75, 3.05) is 12.4 Å². The lowest BCUT2D eigenvalue weighted by Crippen LogP contribution is -2.34. The molecule has 0 unspecified atom stereocenters. The lowest BCUT2D eigenvalue weighted by Gasteiger charge is -2.07. The number of carbonyl (C=O) groups excluding carboxylic acids is 1. The quantitative estimate of drug-likeness (QED) is 0.353. The van der Waals surface area contributed by atoms with E-state index in [9.17, 15) is 9.18 Å². The molecule has 2 heterocycles. The second-order valence-corrected chi connectivity index (χ2v) is 7.38. The predicted molar refractivity (Wildman–Crippen MR) is 108 cm³/mol. The van der Waals surface area contributed by atoms with Gasteiger partial charge in [-0.2, -0.15) is 4.57 Å². The summed E-state index contributed by atoms with van der Waals surface area (Å²) < 4.78 is 16.3. The highest BCUT2D eigenvalue weighted by Crippen LogP contribution is 2.26. The fourth-order valence-corrected chi connectivity index (χ4v) is 4.22. The Morgan fingerprint density at radius 3 is 2.74 bits per heavy atom. The monoisotopic (exact) mass is 379 g/mol. The third-order valence-electron chi connectivity index (χ3n) is 4.64. The fraction of sp³-hybridized carbons (Fsp3) is 0.182. The number of thioether (sulfide) groups is 1. The average molecular weight is 379 g/mol. The first-order chi connectivity index (χ1) is 13.3. The van der Waals surface area contributed by atoms with Crippen molar-refractivity contribution in [1.82, 2.24) is 4.57 Å². The van der Waals surface area contributed by atoms with Crippen LogP contribution in [-0.4, -0.2) is 22.9 Å². The summed E-state index contributed by atoms with van der Waals surface area (Å²) in [5.74, 6) is 0.413. The Hall–Kier alpha value is -2.66. The fourth-order valence-electron chi connectivity index (χ4n) is 3.32. The first-order valence-electron chi connectivity index (χ1n) is 8.97. The number of halogens is 1. The van der Waals surface area contributed by atoms with Crippen molar-refractivity contribution in [1.29, 1.82) is 0 Å². The molecule has 0 saturated heterocycles. The van der Waals surface area contributed by atoms with Crippen LogP contribution in [0.5, 0.6) is 0 Å². The number of alkyl halides is 1. The third-order valence-corrected chi connectivity index (χ3v) is 5.70. The zero-order chi connectivity index (χ0) is 18.6. The molecule has 2 aromatic carbocycles. The molecule has 4 rings (SSSR count). The summed E-state index contributed by atoms with van der Waals surface area (Å²) >= 11 is 1.54. The molecule has 0 fully saturated rings. The molecule has 0 aliphatic heterocycles. The number of rotatable bonds is 6. The predicted octanol–water partition coefficient (Wildman–Crippen LogP) is 4.87. The molecule has 3 nitrogen and oxygen atoms in total.